The fourth-order valence-corrected chi connectivity index (χ4v) is 2.76. The smallest absolute Gasteiger partial charge is 0.0578 e. The molecule has 4 rings (SSSR count). The van der Waals surface area contributed by atoms with Gasteiger partial charge in [-0.15, -0.1) is 12.4 Å². The molecular weight excluding hydrogens is 256 g/mol. The third-order valence-electron chi connectivity index (χ3n) is 3.55. The van der Waals surface area contributed by atoms with Gasteiger partial charge in [-0.25, -0.2) is 0 Å². The van der Waals surface area contributed by atoms with Crippen molar-refractivity contribution >= 4 is 24.3 Å². The molecule has 0 aliphatic carbocycles. The first-order valence-corrected chi connectivity index (χ1v) is 6.11. The molecule has 0 atom stereocenters. The molecule has 2 heterocycles. The fourth-order valence-electron chi connectivity index (χ4n) is 2.76. The van der Waals surface area contributed by atoms with Crippen LogP contribution < -0.4 is 4.90 Å². The molecule has 2 nitrogen and oxygen atoms in total. The summed E-state index contributed by atoms with van der Waals surface area (Å²) in [5, 5.41) is 0. The van der Waals surface area contributed by atoms with E-state index in [0.29, 0.717) is 0 Å². The van der Waals surface area contributed by atoms with Gasteiger partial charge >= 0.3 is 0 Å². The molecule has 0 radical (unpaired) electrons. The maximum absolute atomic E-state index is 4.29. The molecule has 0 saturated heterocycles. The van der Waals surface area contributed by atoms with Gasteiger partial charge in [0.05, 0.1) is 5.69 Å². The van der Waals surface area contributed by atoms with Gasteiger partial charge in [-0.1, -0.05) is 42.5 Å². The normalized spacial score (nSPS) is 14.2. The van der Waals surface area contributed by atoms with E-state index in [2.05, 4.69) is 58.6 Å². The highest BCUT2D eigenvalue weighted by Gasteiger charge is 2.22. The van der Waals surface area contributed by atoms with Gasteiger partial charge in [0.25, 0.3) is 0 Å². The van der Waals surface area contributed by atoms with Crippen molar-refractivity contribution in [3.63, 3.8) is 0 Å². The third kappa shape index (κ3) is 1.76. The second-order valence-electron chi connectivity index (χ2n) is 4.60. The van der Waals surface area contributed by atoms with Crippen molar-refractivity contribution in [3.05, 3.63) is 66.0 Å². The highest BCUT2D eigenvalue weighted by atomic mass is 35.5. The number of hydrogen-bond donors (Lipinski definition) is 0. The van der Waals surface area contributed by atoms with Gasteiger partial charge in [0.15, 0.2) is 0 Å². The number of nitrogens with zero attached hydrogens (tertiary/aromatic N) is 2. The molecule has 2 aromatic rings. The Morgan fingerprint density at radius 3 is 2.74 bits per heavy atom. The lowest BCUT2D eigenvalue weighted by Gasteiger charge is -2.30. The van der Waals surface area contributed by atoms with Crippen molar-refractivity contribution < 1.29 is 0 Å². The fraction of sp³-hybridized carbons (Fsp3) is 0.0625. The quantitative estimate of drug-likeness (QED) is 0.705. The van der Waals surface area contributed by atoms with Gasteiger partial charge in [-0.2, -0.15) is 0 Å². The summed E-state index contributed by atoms with van der Waals surface area (Å²) in [6.45, 7) is 0.917. The van der Waals surface area contributed by atoms with Crippen molar-refractivity contribution in [1.29, 1.82) is 0 Å². The average molecular weight is 269 g/mol. The maximum atomic E-state index is 4.29. The minimum atomic E-state index is 0. The number of anilines is 1. The zero-order valence-electron chi connectivity index (χ0n) is 10.3. The van der Waals surface area contributed by atoms with Crippen LogP contribution in [-0.2, 0) is 6.54 Å². The molecule has 94 valence electrons. The first-order chi connectivity index (χ1) is 8.93. The monoisotopic (exact) mass is 268 g/mol. The van der Waals surface area contributed by atoms with Crippen molar-refractivity contribution in [1.82, 2.24) is 0 Å². The molecular formula is C16H13ClN2. The SMILES string of the molecule is C1=CN2Cc3ccccc3-c3cccc(c32)C=N1.Cl. The molecule has 0 aromatic heterocycles. The third-order valence-corrected chi connectivity index (χ3v) is 3.55. The zero-order chi connectivity index (χ0) is 11.9. The van der Waals surface area contributed by atoms with Crippen LogP contribution in [0.2, 0.25) is 0 Å². The molecule has 0 N–H and O–H groups in total. The second kappa shape index (κ2) is 4.56. The Balaban J connectivity index is 0.00000110. The second-order valence-corrected chi connectivity index (χ2v) is 4.60. The van der Waals surface area contributed by atoms with Gasteiger partial charge in [-0.3, -0.25) is 4.99 Å². The van der Waals surface area contributed by atoms with E-state index < -0.39 is 0 Å². The molecule has 3 heteroatoms. The molecule has 0 bridgehead atoms. The van der Waals surface area contributed by atoms with Crippen LogP contribution in [0.25, 0.3) is 11.1 Å². The van der Waals surface area contributed by atoms with E-state index >= 15 is 0 Å². The van der Waals surface area contributed by atoms with Crippen LogP contribution in [0.5, 0.6) is 0 Å². The molecule has 0 unspecified atom stereocenters. The summed E-state index contributed by atoms with van der Waals surface area (Å²) in [7, 11) is 0. The van der Waals surface area contributed by atoms with Crippen molar-refractivity contribution in [2.24, 2.45) is 4.99 Å². The lowest BCUT2D eigenvalue weighted by molar-refractivity contribution is 0.952. The molecule has 2 aliphatic rings. The van der Waals surface area contributed by atoms with E-state index in [0.717, 1.165) is 6.54 Å². The van der Waals surface area contributed by atoms with Crippen LogP contribution in [0.15, 0.2) is 59.9 Å². The van der Waals surface area contributed by atoms with Crippen LogP contribution >= 0.6 is 12.4 Å². The Bertz CT molecular complexity index is 689. The summed E-state index contributed by atoms with van der Waals surface area (Å²) in [5.74, 6) is 0. The van der Waals surface area contributed by atoms with E-state index in [1.165, 1.54) is 27.9 Å². The van der Waals surface area contributed by atoms with Crippen molar-refractivity contribution in [2.75, 3.05) is 4.90 Å². The molecule has 19 heavy (non-hydrogen) atoms. The summed E-state index contributed by atoms with van der Waals surface area (Å²) in [6, 6.07) is 15.0. The van der Waals surface area contributed by atoms with Crippen LogP contribution in [-0.4, -0.2) is 6.21 Å². The Kier molecular flexibility index (Phi) is 2.88. The largest absolute Gasteiger partial charge is 0.341 e. The van der Waals surface area contributed by atoms with Crippen LogP contribution in [0.1, 0.15) is 11.1 Å². The average Bonchev–Trinajstić information content (AvgIpc) is 2.63. The molecule has 0 saturated carbocycles. The number of fused-ring (bicyclic) bond motifs is 2. The van der Waals surface area contributed by atoms with E-state index in [9.17, 15) is 0 Å². The van der Waals surface area contributed by atoms with Gasteiger partial charge in [0.1, 0.15) is 0 Å². The molecule has 2 aromatic carbocycles. The number of aliphatic imine (C=N–C) groups is 1. The molecule has 2 aliphatic heterocycles. The lowest BCUT2D eigenvalue weighted by atomic mass is 9.91. The Labute approximate surface area is 118 Å². The Hall–Kier alpha value is -2.06. The molecule has 0 amide bonds. The Morgan fingerprint density at radius 2 is 1.79 bits per heavy atom. The van der Waals surface area contributed by atoms with Crippen molar-refractivity contribution in [3.8, 4) is 11.1 Å². The predicted molar refractivity (Wildman–Crippen MR) is 82.0 cm³/mol. The lowest BCUT2D eigenvalue weighted by Crippen LogP contribution is -2.21. The Morgan fingerprint density at radius 1 is 0.947 bits per heavy atom. The van der Waals surface area contributed by atoms with E-state index in [-0.39, 0.29) is 12.4 Å². The topological polar surface area (TPSA) is 15.6 Å². The summed E-state index contributed by atoms with van der Waals surface area (Å²) in [6.07, 6.45) is 5.85. The van der Waals surface area contributed by atoms with Gasteiger partial charge in [0, 0.05) is 36.3 Å². The van der Waals surface area contributed by atoms with Gasteiger partial charge in [0.2, 0.25) is 0 Å². The van der Waals surface area contributed by atoms with Crippen LogP contribution in [0, 0.1) is 0 Å². The summed E-state index contributed by atoms with van der Waals surface area (Å²) >= 11 is 0. The number of hydrogen-bond acceptors (Lipinski definition) is 2. The minimum absolute atomic E-state index is 0. The highest BCUT2D eigenvalue weighted by Crippen LogP contribution is 2.41. The standard InChI is InChI=1S/C16H12N2.ClH/c1-2-6-14-13(4-1)11-18-9-8-17-10-12-5-3-7-15(14)16(12)18;/h1-10H,11H2;1H. The first kappa shape index (κ1) is 12.0. The first-order valence-electron chi connectivity index (χ1n) is 6.11. The summed E-state index contributed by atoms with van der Waals surface area (Å²) < 4.78 is 0. The predicted octanol–water partition coefficient (Wildman–Crippen LogP) is 4.00. The van der Waals surface area contributed by atoms with Gasteiger partial charge < -0.3 is 4.90 Å². The highest BCUT2D eigenvalue weighted by molar-refractivity contribution is 5.98. The van der Waals surface area contributed by atoms with E-state index in [1.807, 2.05) is 12.4 Å². The summed E-state index contributed by atoms with van der Waals surface area (Å²) in [4.78, 5) is 6.57. The maximum Gasteiger partial charge on any atom is 0.0578 e. The minimum Gasteiger partial charge on any atom is -0.341 e. The number of para-hydroxylation sites is 1. The van der Waals surface area contributed by atoms with E-state index in [1.54, 1.807) is 0 Å². The zero-order valence-corrected chi connectivity index (χ0v) is 11.1. The number of halogens is 1. The van der Waals surface area contributed by atoms with Crippen LogP contribution in [0.3, 0.4) is 0 Å². The van der Waals surface area contributed by atoms with Gasteiger partial charge in [-0.05, 0) is 11.1 Å². The van der Waals surface area contributed by atoms with E-state index in [4.69, 9.17) is 0 Å². The molecule has 0 spiro atoms. The number of rotatable bonds is 0. The molecule has 0 fully saturated rings. The van der Waals surface area contributed by atoms with Crippen LogP contribution in [0.4, 0.5) is 5.69 Å². The summed E-state index contributed by atoms with van der Waals surface area (Å²) in [5.41, 5.74) is 6.47. The number of benzene rings is 2. The van der Waals surface area contributed by atoms with Crippen molar-refractivity contribution in [2.45, 2.75) is 6.54 Å².